The van der Waals surface area contributed by atoms with Gasteiger partial charge in [0.05, 0.1) is 29.2 Å². The van der Waals surface area contributed by atoms with E-state index < -0.39 is 34.1 Å². The van der Waals surface area contributed by atoms with Crippen LogP contribution in [0.1, 0.15) is 48.8 Å². The first-order chi connectivity index (χ1) is 18.4. The summed E-state index contributed by atoms with van der Waals surface area (Å²) in [4.78, 5) is 22.8. The number of amides is 1. The van der Waals surface area contributed by atoms with Crippen molar-refractivity contribution in [1.29, 1.82) is 0 Å². The minimum atomic E-state index is -4.69. The Morgan fingerprint density at radius 3 is 2.33 bits per heavy atom. The predicted octanol–water partition coefficient (Wildman–Crippen LogP) is 4.98. The lowest BCUT2D eigenvalue weighted by Crippen LogP contribution is -2.46. The summed E-state index contributed by atoms with van der Waals surface area (Å²) in [6, 6.07) is 7.49. The Bertz CT molecular complexity index is 1470. The van der Waals surface area contributed by atoms with Gasteiger partial charge in [0.2, 0.25) is 15.9 Å². The van der Waals surface area contributed by atoms with Gasteiger partial charge in [-0.3, -0.25) is 14.8 Å². The van der Waals surface area contributed by atoms with E-state index in [-0.39, 0.29) is 31.5 Å². The summed E-state index contributed by atoms with van der Waals surface area (Å²) in [6.45, 7) is 0.226. The normalized spacial score (nSPS) is 18.2. The van der Waals surface area contributed by atoms with Crippen LogP contribution in [0.5, 0.6) is 0 Å². The Morgan fingerprint density at radius 2 is 1.74 bits per heavy atom. The number of halogens is 3. The summed E-state index contributed by atoms with van der Waals surface area (Å²) in [7, 11) is -2.25. The molecule has 3 heterocycles. The van der Waals surface area contributed by atoms with Crippen molar-refractivity contribution in [1.82, 2.24) is 19.2 Å². The molecule has 1 amide bonds. The number of alkyl halides is 3. The van der Waals surface area contributed by atoms with Gasteiger partial charge in [-0.15, -0.1) is 0 Å². The minimum Gasteiger partial charge on any atom is -0.354 e. The lowest BCUT2D eigenvalue weighted by Gasteiger charge is -2.36. The minimum absolute atomic E-state index is 0.0572. The number of pyridine rings is 2. The zero-order chi connectivity index (χ0) is 27.9. The Kier molecular flexibility index (Phi) is 7.27. The number of aromatic nitrogens is 2. The summed E-state index contributed by atoms with van der Waals surface area (Å²) in [6.07, 6.45) is 2.29. The SMILES string of the molecule is CN(C(=O)C1CCN(S(C)(=O)=O)CC1)[C@@H](c1ccc(Nc2cnc3cccnc3c2C2CC2)cc1)C(F)(F)F. The second kappa shape index (κ2) is 10.4. The van der Waals surface area contributed by atoms with Gasteiger partial charge in [0.15, 0.2) is 6.04 Å². The fraction of sp³-hybridized carbons (Fsp3) is 0.444. The first-order valence-electron chi connectivity index (χ1n) is 12.8. The van der Waals surface area contributed by atoms with Gasteiger partial charge in [-0.05, 0) is 61.4 Å². The molecule has 1 atom stereocenters. The summed E-state index contributed by atoms with van der Waals surface area (Å²) < 4.78 is 67.4. The van der Waals surface area contributed by atoms with Crippen LogP contribution in [0.25, 0.3) is 11.0 Å². The monoisotopic (exact) mass is 561 g/mol. The van der Waals surface area contributed by atoms with Gasteiger partial charge in [0.1, 0.15) is 0 Å². The Morgan fingerprint density at radius 1 is 1.08 bits per heavy atom. The Balaban J connectivity index is 1.34. The number of rotatable bonds is 7. The van der Waals surface area contributed by atoms with Crippen molar-refractivity contribution in [2.45, 2.75) is 43.8 Å². The van der Waals surface area contributed by atoms with E-state index in [1.54, 1.807) is 24.5 Å². The molecule has 2 aromatic heterocycles. The largest absolute Gasteiger partial charge is 0.413 e. The van der Waals surface area contributed by atoms with Gasteiger partial charge < -0.3 is 10.2 Å². The van der Waals surface area contributed by atoms with Gasteiger partial charge in [0, 0.05) is 43.5 Å². The van der Waals surface area contributed by atoms with Crippen LogP contribution in [0.2, 0.25) is 0 Å². The third-order valence-electron chi connectivity index (χ3n) is 7.47. The van der Waals surface area contributed by atoms with Crippen LogP contribution in [0, 0.1) is 5.92 Å². The summed E-state index contributed by atoms with van der Waals surface area (Å²) in [5, 5.41) is 3.29. The van der Waals surface area contributed by atoms with Gasteiger partial charge in [-0.1, -0.05) is 12.1 Å². The molecule has 1 aliphatic heterocycles. The summed E-state index contributed by atoms with van der Waals surface area (Å²) in [5.74, 6) is -0.948. The first-order valence-corrected chi connectivity index (χ1v) is 14.7. The van der Waals surface area contributed by atoms with Crippen molar-refractivity contribution in [3.63, 3.8) is 0 Å². The molecule has 1 saturated carbocycles. The molecule has 0 bridgehead atoms. The molecule has 2 aliphatic rings. The number of anilines is 2. The highest BCUT2D eigenvalue weighted by atomic mass is 32.2. The quantitative estimate of drug-likeness (QED) is 0.437. The molecular formula is C27H30F3N5O3S. The van der Waals surface area contributed by atoms with Crippen LogP contribution >= 0.6 is 0 Å². The molecule has 1 aliphatic carbocycles. The highest BCUT2D eigenvalue weighted by Gasteiger charge is 2.46. The second-order valence-electron chi connectivity index (χ2n) is 10.3. The number of fused-ring (bicyclic) bond motifs is 1. The number of carbonyl (C=O) groups excluding carboxylic acids is 1. The average Bonchev–Trinajstić information content (AvgIpc) is 3.73. The molecule has 5 rings (SSSR count). The predicted molar refractivity (Wildman–Crippen MR) is 142 cm³/mol. The molecule has 1 aromatic carbocycles. The van der Waals surface area contributed by atoms with E-state index in [2.05, 4.69) is 15.3 Å². The molecule has 0 unspecified atom stereocenters. The zero-order valence-corrected chi connectivity index (χ0v) is 22.5. The van der Waals surface area contributed by atoms with Crippen LogP contribution in [0.4, 0.5) is 24.5 Å². The van der Waals surface area contributed by atoms with Crippen LogP contribution in [-0.2, 0) is 14.8 Å². The third-order valence-corrected chi connectivity index (χ3v) is 8.78. The molecule has 39 heavy (non-hydrogen) atoms. The van der Waals surface area contributed by atoms with E-state index in [0.717, 1.165) is 53.3 Å². The van der Waals surface area contributed by atoms with E-state index in [1.807, 2.05) is 12.1 Å². The van der Waals surface area contributed by atoms with Gasteiger partial charge in [-0.2, -0.15) is 13.2 Å². The molecule has 12 heteroatoms. The smallest absolute Gasteiger partial charge is 0.354 e. The summed E-state index contributed by atoms with van der Waals surface area (Å²) in [5.41, 5.74) is 3.99. The summed E-state index contributed by atoms with van der Waals surface area (Å²) >= 11 is 0. The van der Waals surface area contributed by atoms with Crippen LogP contribution < -0.4 is 5.32 Å². The maximum Gasteiger partial charge on any atom is 0.413 e. The number of sulfonamides is 1. The van der Waals surface area contributed by atoms with E-state index >= 15 is 0 Å². The van der Waals surface area contributed by atoms with E-state index in [1.165, 1.54) is 16.4 Å². The topological polar surface area (TPSA) is 95.5 Å². The molecular weight excluding hydrogens is 531 g/mol. The maximum absolute atomic E-state index is 14.2. The number of carbonyl (C=O) groups is 1. The average molecular weight is 562 g/mol. The van der Waals surface area contributed by atoms with Crippen molar-refractivity contribution in [2.75, 3.05) is 31.7 Å². The van der Waals surface area contributed by atoms with Crippen molar-refractivity contribution >= 4 is 38.3 Å². The van der Waals surface area contributed by atoms with Crippen LogP contribution in [-0.4, -0.2) is 66.1 Å². The Labute approximate surface area is 225 Å². The van der Waals surface area contributed by atoms with E-state index in [9.17, 15) is 26.4 Å². The highest BCUT2D eigenvalue weighted by molar-refractivity contribution is 7.88. The van der Waals surface area contributed by atoms with Crippen molar-refractivity contribution in [2.24, 2.45) is 5.92 Å². The molecule has 1 N–H and O–H groups in total. The van der Waals surface area contributed by atoms with Crippen LogP contribution in [0.3, 0.4) is 0 Å². The molecule has 0 spiro atoms. The lowest BCUT2D eigenvalue weighted by molar-refractivity contribution is -0.191. The lowest BCUT2D eigenvalue weighted by atomic mass is 9.95. The van der Waals surface area contributed by atoms with Crippen molar-refractivity contribution < 1.29 is 26.4 Å². The number of benzene rings is 1. The molecule has 3 aromatic rings. The maximum atomic E-state index is 14.2. The molecule has 8 nitrogen and oxygen atoms in total. The fourth-order valence-corrected chi connectivity index (χ4v) is 6.18. The van der Waals surface area contributed by atoms with Crippen LogP contribution in [0.15, 0.2) is 48.8 Å². The first kappa shape index (κ1) is 27.3. The number of piperidine rings is 1. The zero-order valence-electron chi connectivity index (χ0n) is 21.6. The van der Waals surface area contributed by atoms with Gasteiger partial charge in [0.25, 0.3) is 0 Å². The number of nitrogens with one attached hydrogen (secondary N) is 1. The third kappa shape index (κ3) is 5.86. The molecule has 0 radical (unpaired) electrons. The fourth-order valence-electron chi connectivity index (χ4n) is 5.31. The van der Waals surface area contributed by atoms with Crippen molar-refractivity contribution in [3.8, 4) is 0 Å². The van der Waals surface area contributed by atoms with Crippen molar-refractivity contribution in [3.05, 3.63) is 59.9 Å². The molecule has 208 valence electrons. The van der Waals surface area contributed by atoms with Gasteiger partial charge >= 0.3 is 6.18 Å². The Hall–Kier alpha value is -3.25. The molecule has 1 saturated heterocycles. The standard InChI is InChI=1S/C27H30F3N5O3S/c1-34(26(36)19-11-14-35(15-12-19)39(2,37)38)25(27(28,29)30)18-7-9-20(10-8-18)33-22-16-32-21-4-3-13-31-24(21)23(22)17-5-6-17/h3-4,7-10,13,16-17,19,25,33H,5-6,11-12,14-15H2,1-2H3/t25-/m0/s1. The number of hydrogen-bond donors (Lipinski definition) is 1. The molecule has 2 fully saturated rings. The number of hydrogen-bond acceptors (Lipinski definition) is 6. The highest BCUT2D eigenvalue weighted by Crippen LogP contribution is 2.46. The number of nitrogens with zero attached hydrogens (tertiary/aromatic N) is 4. The van der Waals surface area contributed by atoms with Gasteiger partial charge in [-0.25, -0.2) is 12.7 Å². The van der Waals surface area contributed by atoms with E-state index in [0.29, 0.717) is 11.6 Å². The second-order valence-corrected chi connectivity index (χ2v) is 12.3. The van der Waals surface area contributed by atoms with E-state index in [4.69, 9.17) is 0 Å².